The summed E-state index contributed by atoms with van der Waals surface area (Å²) in [6.45, 7) is 0. The predicted molar refractivity (Wildman–Crippen MR) is 105 cm³/mol. The van der Waals surface area contributed by atoms with Crippen LogP contribution in [0.2, 0.25) is 0 Å². The van der Waals surface area contributed by atoms with Crippen LogP contribution in [0.25, 0.3) is 11.5 Å². The normalized spacial score (nSPS) is 10.6. The molecule has 0 atom stereocenters. The average molecular weight is 391 g/mol. The molecular weight excluding hydrogens is 378 g/mol. The fourth-order valence-corrected chi connectivity index (χ4v) is 3.48. The number of H-pyrrole nitrogens is 1. The number of aromatic nitrogens is 2. The molecule has 3 heterocycles. The fourth-order valence-electron chi connectivity index (χ4n) is 2.55. The van der Waals surface area contributed by atoms with Crippen LogP contribution in [0.3, 0.4) is 0 Å². The van der Waals surface area contributed by atoms with Crippen molar-refractivity contribution in [2.75, 3.05) is 5.32 Å². The maximum atomic E-state index is 12.9. The lowest BCUT2D eigenvalue weighted by Gasteiger charge is -2.00. The highest BCUT2D eigenvalue weighted by Gasteiger charge is 2.23. The number of pyridine rings is 1. The zero-order chi connectivity index (χ0) is 19.5. The van der Waals surface area contributed by atoms with E-state index >= 15 is 0 Å². The number of ketones is 1. The molecule has 3 aromatic heterocycles. The summed E-state index contributed by atoms with van der Waals surface area (Å²) in [5, 5.41) is 2.91. The molecule has 0 saturated heterocycles. The fraction of sp³-hybridized carbons (Fsp3) is 0. The molecule has 0 aliphatic rings. The second-order valence-corrected chi connectivity index (χ2v) is 6.76. The Hall–Kier alpha value is -3.78. The highest BCUT2D eigenvalue weighted by molar-refractivity contribution is 7.18. The number of anilines is 1. The molecule has 0 bridgehead atoms. The SMILES string of the molecule is O=C(Nc1nc(-c2ccco2)c(C(=O)c2ccccc2)s1)c1ccc(=O)[nH]c1. The van der Waals surface area contributed by atoms with E-state index in [1.54, 1.807) is 36.4 Å². The number of nitrogens with one attached hydrogen (secondary N) is 2. The molecule has 138 valence electrons. The Labute approximate surface area is 162 Å². The molecule has 0 fully saturated rings. The van der Waals surface area contributed by atoms with Gasteiger partial charge in [-0.25, -0.2) is 4.98 Å². The number of hydrogen-bond acceptors (Lipinski definition) is 6. The molecule has 1 amide bonds. The number of furan rings is 1. The molecule has 0 saturated carbocycles. The number of carbonyl (C=O) groups is 2. The second-order valence-electron chi connectivity index (χ2n) is 5.76. The minimum atomic E-state index is -0.449. The number of amides is 1. The topological polar surface area (TPSA) is 105 Å². The maximum absolute atomic E-state index is 12.9. The highest BCUT2D eigenvalue weighted by atomic mass is 32.1. The molecule has 0 aliphatic carbocycles. The van der Waals surface area contributed by atoms with Gasteiger partial charge in [0, 0.05) is 17.8 Å². The first kappa shape index (κ1) is 17.6. The molecular formula is C20H13N3O4S. The molecule has 4 aromatic rings. The van der Waals surface area contributed by atoms with E-state index in [0.29, 0.717) is 21.9 Å². The monoisotopic (exact) mass is 391 g/mol. The molecule has 0 radical (unpaired) electrons. The van der Waals surface area contributed by atoms with Gasteiger partial charge in [-0.15, -0.1) is 0 Å². The first-order chi connectivity index (χ1) is 13.6. The van der Waals surface area contributed by atoms with Gasteiger partial charge >= 0.3 is 0 Å². The third-order valence-electron chi connectivity index (χ3n) is 3.89. The molecule has 4 rings (SSSR count). The molecule has 8 heteroatoms. The second kappa shape index (κ2) is 7.45. The van der Waals surface area contributed by atoms with E-state index in [4.69, 9.17) is 4.42 Å². The van der Waals surface area contributed by atoms with Crippen LogP contribution in [0.4, 0.5) is 5.13 Å². The van der Waals surface area contributed by atoms with E-state index < -0.39 is 5.91 Å². The van der Waals surface area contributed by atoms with Crippen molar-refractivity contribution >= 4 is 28.2 Å². The largest absolute Gasteiger partial charge is 0.463 e. The van der Waals surface area contributed by atoms with E-state index in [1.165, 1.54) is 24.6 Å². The van der Waals surface area contributed by atoms with Crippen molar-refractivity contribution in [1.82, 2.24) is 9.97 Å². The van der Waals surface area contributed by atoms with Crippen LogP contribution in [-0.4, -0.2) is 21.7 Å². The van der Waals surface area contributed by atoms with Crippen molar-refractivity contribution in [3.63, 3.8) is 0 Å². The number of aromatic amines is 1. The van der Waals surface area contributed by atoms with Gasteiger partial charge < -0.3 is 9.40 Å². The van der Waals surface area contributed by atoms with Crippen LogP contribution < -0.4 is 10.9 Å². The van der Waals surface area contributed by atoms with Gasteiger partial charge in [0.05, 0.1) is 11.8 Å². The Morgan fingerprint density at radius 3 is 2.50 bits per heavy atom. The van der Waals surface area contributed by atoms with Gasteiger partial charge in [0.1, 0.15) is 10.6 Å². The standard InChI is InChI=1S/C20H13N3O4S/c24-15-9-8-13(11-21-15)19(26)23-20-22-16(14-7-4-10-27-14)18(28-20)17(25)12-5-2-1-3-6-12/h1-11H,(H,21,24)(H,22,23,26). The maximum Gasteiger partial charge on any atom is 0.258 e. The van der Waals surface area contributed by atoms with Crippen molar-refractivity contribution in [1.29, 1.82) is 0 Å². The summed E-state index contributed by atoms with van der Waals surface area (Å²) in [7, 11) is 0. The van der Waals surface area contributed by atoms with E-state index in [9.17, 15) is 14.4 Å². The van der Waals surface area contributed by atoms with Crippen LogP contribution in [0.15, 0.2) is 76.3 Å². The van der Waals surface area contributed by atoms with E-state index in [-0.39, 0.29) is 22.0 Å². The van der Waals surface area contributed by atoms with E-state index in [2.05, 4.69) is 15.3 Å². The number of hydrogen-bond donors (Lipinski definition) is 2. The summed E-state index contributed by atoms with van der Waals surface area (Å²) in [4.78, 5) is 43.7. The average Bonchev–Trinajstić information content (AvgIpc) is 3.38. The van der Waals surface area contributed by atoms with E-state index in [0.717, 1.165) is 11.3 Å². The molecule has 0 unspecified atom stereocenters. The third-order valence-corrected chi connectivity index (χ3v) is 4.86. The first-order valence-electron chi connectivity index (χ1n) is 8.26. The summed E-state index contributed by atoms with van der Waals surface area (Å²) < 4.78 is 5.40. The first-order valence-corrected chi connectivity index (χ1v) is 9.08. The molecule has 0 spiro atoms. The zero-order valence-electron chi connectivity index (χ0n) is 14.3. The van der Waals surface area contributed by atoms with Crippen LogP contribution >= 0.6 is 11.3 Å². The van der Waals surface area contributed by atoms with Gasteiger partial charge in [0.25, 0.3) is 5.91 Å². The summed E-state index contributed by atoms with van der Waals surface area (Å²) in [6.07, 6.45) is 2.80. The quantitative estimate of drug-likeness (QED) is 0.506. The lowest BCUT2D eigenvalue weighted by molar-refractivity contribution is 0.102. The van der Waals surface area contributed by atoms with E-state index in [1.807, 2.05) is 6.07 Å². The van der Waals surface area contributed by atoms with Crippen LogP contribution in [0, 0.1) is 0 Å². The summed E-state index contributed by atoms with van der Waals surface area (Å²) in [5.41, 5.74) is 0.838. The predicted octanol–water partition coefficient (Wildman–Crippen LogP) is 3.57. The van der Waals surface area contributed by atoms with Gasteiger partial charge in [-0.3, -0.25) is 19.7 Å². The molecule has 7 nitrogen and oxygen atoms in total. The summed E-state index contributed by atoms with van der Waals surface area (Å²) in [5.74, 6) is -0.233. The van der Waals surface area contributed by atoms with Crippen molar-refractivity contribution < 1.29 is 14.0 Å². The minimum absolute atomic E-state index is 0.214. The number of rotatable bonds is 5. The third kappa shape index (κ3) is 3.53. The highest BCUT2D eigenvalue weighted by Crippen LogP contribution is 2.33. The number of carbonyl (C=O) groups excluding carboxylic acids is 2. The van der Waals surface area contributed by atoms with Gasteiger partial charge in [-0.1, -0.05) is 41.7 Å². The lowest BCUT2D eigenvalue weighted by Crippen LogP contribution is -2.14. The summed E-state index contributed by atoms with van der Waals surface area (Å²) in [6, 6.07) is 14.9. The van der Waals surface area contributed by atoms with Gasteiger partial charge in [0.2, 0.25) is 11.3 Å². The minimum Gasteiger partial charge on any atom is -0.463 e. The Morgan fingerprint density at radius 2 is 1.82 bits per heavy atom. The smallest absolute Gasteiger partial charge is 0.258 e. The van der Waals surface area contributed by atoms with Crippen LogP contribution in [0.1, 0.15) is 25.6 Å². The van der Waals surface area contributed by atoms with Gasteiger partial charge in [0.15, 0.2) is 10.9 Å². The Morgan fingerprint density at radius 1 is 1.00 bits per heavy atom. The number of nitrogens with zero attached hydrogens (tertiary/aromatic N) is 1. The Bertz CT molecular complexity index is 1170. The van der Waals surface area contributed by atoms with Gasteiger partial charge in [-0.05, 0) is 18.2 Å². The summed E-state index contributed by atoms with van der Waals surface area (Å²) >= 11 is 1.06. The molecule has 28 heavy (non-hydrogen) atoms. The Kier molecular flexibility index (Phi) is 4.69. The van der Waals surface area contributed by atoms with Crippen molar-refractivity contribution in [3.8, 4) is 11.5 Å². The lowest BCUT2D eigenvalue weighted by atomic mass is 10.1. The van der Waals surface area contributed by atoms with Crippen LogP contribution in [0.5, 0.6) is 0 Å². The Balaban J connectivity index is 1.69. The molecule has 0 aliphatic heterocycles. The molecule has 1 aromatic carbocycles. The van der Waals surface area contributed by atoms with Crippen molar-refractivity contribution in [3.05, 3.63) is 93.4 Å². The molecule has 2 N–H and O–H groups in total. The van der Waals surface area contributed by atoms with Crippen molar-refractivity contribution in [2.24, 2.45) is 0 Å². The van der Waals surface area contributed by atoms with Crippen LogP contribution in [-0.2, 0) is 0 Å². The zero-order valence-corrected chi connectivity index (χ0v) is 15.2. The van der Waals surface area contributed by atoms with Crippen molar-refractivity contribution in [2.45, 2.75) is 0 Å². The number of benzene rings is 1. The number of thiazole rings is 1. The van der Waals surface area contributed by atoms with Gasteiger partial charge in [-0.2, -0.15) is 0 Å².